The summed E-state index contributed by atoms with van der Waals surface area (Å²) in [6.07, 6.45) is -0.219. The molecule has 2 N–H and O–H groups in total. The van der Waals surface area contributed by atoms with E-state index in [1.54, 1.807) is 7.11 Å². The predicted molar refractivity (Wildman–Crippen MR) is 94.0 cm³/mol. The van der Waals surface area contributed by atoms with Gasteiger partial charge in [0.1, 0.15) is 12.2 Å². The highest BCUT2D eigenvalue weighted by molar-refractivity contribution is 6.04. The van der Waals surface area contributed by atoms with E-state index < -0.39 is 0 Å². The molecule has 0 saturated carbocycles. The highest BCUT2D eigenvalue weighted by Gasteiger charge is 2.12. The maximum absolute atomic E-state index is 12.1. The van der Waals surface area contributed by atoms with Crippen molar-refractivity contribution in [3.8, 4) is 5.75 Å². The molecule has 0 aromatic heterocycles. The van der Waals surface area contributed by atoms with Gasteiger partial charge >= 0.3 is 0 Å². The number of anilines is 1. The van der Waals surface area contributed by atoms with Crippen LogP contribution in [-0.4, -0.2) is 18.9 Å². The van der Waals surface area contributed by atoms with Gasteiger partial charge in [0.15, 0.2) is 0 Å². The number of para-hydroxylation sites is 2. The fraction of sp³-hybridized carbons (Fsp3) is 0.263. The van der Waals surface area contributed by atoms with E-state index in [1.807, 2.05) is 56.3 Å². The van der Waals surface area contributed by atoms with Crippen LogP contribution in [0.5, 0.6) is 5.75 Å². The van der Waals surface area contributed by atoms with E-state index >= 15 is 0 Å². The number of aryl methyl sites for hydroxylation is 2. The van der Waals surface area contributed by atoms with Crippen LogP contribution >= 0.6 is 0 Å². The summed E-state index contributed by atoms with van der Waals surface area (Å²) in [7, 11) is 1.58. The smallest absolute Gasteiger partial charge is 0.233 e. The lowest BCUT2D eigenvalue weighted by Crippen LogP contribution is -2.28. The van der Waals surface area contributed by atoms with Crippen LogP contribution in [0.1, 0.15) is 23.1 Å². The minimum absolute atomic E-state index is 0.219. The van der Waals surface area contributed by atoms with E-state index in [2.05, 4.69) is 10.6 Å². The quantitative estimate of drug-likeness (QED) is 0.802. The van der Waals surface area contributed by atoms with E-state index in [4.69, 9.17) is 4.74 Å². The van der Waals surface area contributed by atoms with Gasteiger partial charge in [-0.25, -0.2) is 0 Å². The second kappa shape index (κ2) is 8.15. The molecule has 0 fully saturated rings. The van der Waals surface area contributed by atoms with Crippen molar-refractivity contribution in [1.29, 1.82) is 0 Å². The first-order valence-corrected chi connectivity index (χ1v) is 7.76. The maximum Gasteiger partial charge on any atom is 0.233 e. The summed E-state index contributed by atoms with van der Waals surface area (Å²) in [6.45, 7) is 4.16. The Kier molecular flexibility index (Phi) is 5.95. The third-order valence-corrected chi connectivity index (χ3v) is 3.74. The summed E-state index contributed by atoms with van der Waals surface area (Å²) in [5, 5.41) is 5.55. The minimum Gasteiger partial charge on any atom is -0.496 e. The summed E-state index contributed by atoms with van der Waals surface area (Å²) in [5.41, 5.74) is 3.57. The van der Waals surface area contributed by atoms with Crippen molar-refractivity contribution in [3.63, 3.8) is 0 Å². The zero-order valence-corrected chi connectivity index (χ0v) is 14.2. The Labute approximate surface area is 142 Å². The van der Waals surface area contributed by atoms with E-state index in [9.17, 15) is 9.59 Å². The Hall–Kier alpha value is -2.82. The Bertz CT molecular complexity index is 721. The lowest BCUT2D eigenvalue weighted by Gasteiger charge is -2.12. The normalized spacial score (nSPS) is 10.1. The van der Waals surface area contributed by atoms with Crippen molar-refractivity contribution in [2.45, 2.75) is 26.8 Å². The number of nitrogens with one attached hydrogen (secondary N) is 2. The van der Waals surface area contributed by atoms with Crippen molar-refractivity contribution < 1.29 is 14.3 Å². The molecule has 0 unspecified atom stereocenters. The number of amides is 2. The van der Waals surface area contributed by atoms with Gasteiger partial charge in [-0.15, -0.1) is 0 Å². The van der Waals surface area contributed by atoms with Crippen LogP contribution < -0.4 is 15.4 Å². The van der Waals surface area contributed by atoms with Gasteiger partial charge in [-0.3, -0.25) is 9.59 Å². The molecule has 0 aliphatic carbocycles. The standard InChI is InChI=1S/C19H22N2O3/c1-13-7-6-8-14(2)19(13)21-18(23)11-17(22)20-12-15-9-4-5-10-16(15)24-3/h4-10H,11-12H2,1-3H3,(H,20,22)(H,21,23). The molecule has 0 atom stereocenters. The van der Waals surface area contributed by atoms with E-state index in [-0.39, 0.29) is 18.2 Å². The van der Waals surface area contributed by atoms with E-state index in [0.29, 0.717) is 12.3 Å². The zero-order chi connectivity index (χ0) is 17.5. The van der Waals surface area contributed by atoms with E-state index in [1.165, 1.54) is 0 Å². The molecule has 0 aliphatic heterocycles. The monoisotopic (exact) mass is 326 g/mol. The summed E-state index contributed by atoms with van der Waals surface area (Å²) in [6, 6.07) is 13.2. The largest absolute Gasteiger partial charge is 0.496 e. The van der Waals surface area contributed by atoms with Crippen LogP contribution in [-0.2, 0) is 16.1 Å². The Morgan fingerprint density at radius 2 is 1.62 bits per heavy atom. The number of hydrogen-bond acceptors (Lipinski definition) is 3. The van der Waals surface area contributed by atoms with Gasteiger partial charge in [0, 0.05) is 17.8 Å². The maximum atomic E-state index is 12.1. The van der Waals surface area contributed by atoms with Crippen molar-refractivity contribution >= 4 is 17.5 Å². The summed E-state index contributed by atoms with van der Waals surface area (Å²) >= 11 is 0. The van der Waals surface area contributed by atoms with Gasteiger partial charge in [0.05, 0.1) is 7.11 Å². The van der Waals surface area contributed by atoms with Gasteiger partial charge < -0.3 is 15.4 Å². The summed E-state index contributed by atoms with van der Waals surface area (Å²) in [4.78, 5) is 24.0. The molecule has 0 aliphatic rings. The first kappa shape index (κ1) is 17.5. The van der Waals surface area contributed by atoms with Crippen LogP contribution in [0.2, 0.25) is 0 Å². The number of benzene rings is 2. The molecular formula is C19H22N2O3. The Morgan fingerprint density at radius 3 is 2.29 bits per heavy atom. The summed E-state index contributed by atoms with van der Waals surface area (Å²) < 4.78 is 5.23. The average Bonchev–Trinajstić information content (AvgIpc) is 2.56. The third-order valence-electron chi connectivity index (χ3n) is 3.74. The number of hydrogen-bond donors (Lipinski definition) is 2. The van der Waals surface area contributed by atoms with Crippen LogP contribution in [0, 0.1) is 13.8 Å². The summed E-state index contributed by atoms with van der Waals surface area (Å²) in [5.74, 6) is 0.0485. The van der Waals surface area contributed by atoms with E-state index in [0.717, 1.165) is 22.4 Å². The van der Waals surface area contributed by atoms with Crippen molar-refractivity contribution in [1.82, 2.24) is 5.32 Å². The van der Waals surface area contributed by atoms with Crippen molar-refractivity contribution in [2.75, 3.05) is 12.4 Å². The minimum atomic E-state index is -0.329. The van der Waals surface area contributed by atoms with Crippen molar-refractivity contribution in [2.24, 2.45) is 0 Å². The molecule has 24 heavy (non-hydrogen) atoms. The molecule has 0 spiro atoms. The predicted octanol–water partition coefficient (Wildman–Crippen LogP) is 2.96. The highest BCUT2D eigenvalue weighted by atomic mass is 16.5. The molecule has 2 aromatic rings. The molecule has 0 saturated heterocycles. The Morgan fingerprint density at radius 1 is 0.958 bits per heavy atom. The van der Waals surface area contributed by atoms with Crippen LogP contribution in [0.3, 0.4) is 0 Å². The topological polar surface area (TPSA) is 67.4 Å². The molecule has 2 aromatic carbocycles. The van der Waals surface area contributed by atoms with Gasteiger partial charge in [-0.1, -0.05) is 36.4 Å². The fourth-order valence-corrected chi connectivity index (χ4v) is 2.45. The first-order chi connectivity index (χ1) is 11.5. The van der Waals surface area contributed by atoms with Gasteiger partial charge in [-0.05, 0) is 31.0 Å². The highest BCUT2D eigenvalue weighted by Crippen LogP contribution is 2.19. The van der Waals surface area contributed by atoms with Gasteiger partial charge in [0.2, 0.25) is 11.8 Å². The van der Waals surface area contributed by atoms with Gasteiger partial charge in [0.25, 0.3) is 0 Å². The van der Waals surface area contributed by atoms with Gasteiger partial charge in [-0.2, -0.15) is 0 Å². The van der Waals surface area contributed by atoms with Crippen LogP contribution in [0.4, 0.5) is 5.69 Å². The molecule has 5 heteroatoms. The number of rotatable bonds is 6. The lowest BCUT2D eigenvalue weighted by atomic mass is 10.1. The molecule has 126 valence electrons. The number of carbonyl (C=O) groups excluding carboxylic acids is 2. The Balaban J connectivity index is 1.89. The van der Waals surface area contributed by atoms with Crippen molar-refractivity contribution in [3.05, 3.63) is 59.2 Å². The number of carbonyl (C=O) groups is 2. The second-order valence-corrected chi connectivity index (χ2v) is 5.58. The molecule has 2 amide bonds. The fourth-order valence-electron chi connectivity index (χ4n) is 2.45. The third kappa shape index (κ3) is 4.59. The molecular weight excluding hydrogens is 304 g/mol. The molecule has 0 bridgehead atoms. The number of ether oxygens (including phenoxy) is 1. The molecule has 2 rings (SSSR count). The molecule has 0 radical (unpaired) electrons. The second-order valence-electron chi connectivity index (χ2n) is 5.58. The molecule has 5 nitrogen and oxygen atoms in total. The average molecular weight is 326 g/mol. The lowest BCUT2D eigenvalue weighted by molar-refractivity contribution is -0.126. The first-order valence-electron chi connectivity index (χ1n) is 7.76. The number of methoxy groups -OCH3 is 1. The zero-order valence-electron chi connectivity index (χ0n) is 14.2. The SMILES string of the molecule is COc1ccccc1CNC(=O)CC(=O)Nc1c(C)cccc1C. The van der Waals surface area contributed by atoms with Crippen LogP contribution in [0.15, 0.2) is 42.5 Å². The molecule has 0 heterocycles. The van der Waals surface area contributed by atoms with Crippen LogP contribution in [0.25, 0.3) is 0 Å².